The Labute approximate surface area is 155 Å². The zero-order chi connectivity index (χ0) is 18.3. The molecule has 26 heavy (non-hydrogen) atoms. The van der Waals surface area contributed by atoms with E-state index in [0.29, 0.717) is 5.92 Å². The van der Waals surface area contributed by atoms with Crippen molar-refractivity contribution >= 4 is 16.8 Å². The van der Waals surface area contributed by atoms with Crippen molar-refractivity contribution in [2.24, 2.45) is 0 Å². The van der Waals surface area contributed by atoms with Gasteiger partial charge in [0.05, 0.1) is 0 Å². The highest BCUT2D eigenvalue weighted by molar-refractivity contribution is 5.94. The predicted octanol–water partition coefficient (Wildman–Crippen LogP) is 5.11. The van der Waals surface area contributed by atoms with Gasteiger partial charge >= 0.3 is 0 Å². The topological polar surface area (TPSA) is 36.1 Å². The van der Waals surface area contributed by atoms with Gasteiger partial charge in [0.2, 0.25) is 0 Å². The van der Waals surface area contributed by atoms with Gasteiger partial charge in [-0.3, -0.25) is 4.79 Å². The van der Waals surface area contributed by atoms with Crippen molar-refractivity contribution in [2.75, 3.05) is 13.1 Å². The molecular formula is C23H26N2O. The van der Waals surface area contributed by atoms with Crippen LogP contribution in [0.5, 0.6) is 0 Å². The molecule has 134 valence electrons. The Morgan fingerprint density at radius 2 is 1.62 bits per heavy atom. The SMILES string of the molecule is Cc1ccc(C(=O)N2CCC(c3[nH]c4ccc(C)cc4c3C)CC2)cc1. The first kappa shape index (κ1) is 16.9. The molecule has 0 spiro atoms. The van der Waals surface area contributed by atoms with Crippen molar-refractivity contribution in [3.05, 3.63) is 70.4 Å². The normalized spacial score (nSPS) is 15.6. The second-order valence-electron chi connectivity index (χ2n) is 7.65. The average molecular weight is 346 g/mol. The highest BCUT2D eigenvalue weighted by Crippen LogP contribution is 2.34. The summed E-state index contributed by atoms with van der Waals surface area (Å²) in [6.07, 6.45) is 2.04. The standard InChI is InChI=1S/C23H26N2O/c1-15-4-7-19(8-5-15)23(26)25-12-10-18(11-13-25)22-17(3)20-14-16(2)6-9-21(20)24-22/h4-9,14,18,24H,10-13H2,1-3H3. The number of piperidine rings is 1. The third-order valence-corrected chi connectivity index (χ3v) is 5.74. The van der Waals surface area contributed by atoms with E-state index in [9.17, 15) is 4.79 Å². The minimum atomic E-state index is 0.160. The number of carbonyl (C=O) groups is 1. The number of aromatic nitrogens is 1. The summed E-state index contributed by atoms with van der Waals surface area (Å²) in [6.45, 7) is 8.05. The highest BCUT2D eigenvalue weighted by atomic mass is 16.2. The number of aryl methyl sites for hydroxylation is 3. The number of benzene rings is 2. The van der Waals surface area contributed by atoms with Crippen LogP contribution in [0.15, 0.2) is 42.5 Å². The number of H-pyrrole nitrogens is 1. The van der Waals surface area contributed by atoms with E-state index < -0.39 is 0 Å². The minimum Gasteiger partial charge on any atom is -0.358 e. The van der Waals surface area contributed by atoms with Crippen molar-refractivity contribution in [1.82, 2.24) is 9.88 Å². The van der Waals surface area contributed by atoms with E-state index in [-0.39, 0.29) is 5.91 Å². The van der Waals surface area contributed by atoms with E-state index in [2.05, 4.69) is 37.0 Å². The van der Waals surface area contributed by atoms with Crippen LogP contribution in [0.25, 0.3) is 10.9 Å². The van der Waals surface area contributed by atoms with Crippen molar-refractivity contribution in [3.63, 3.8) is 0 Å². The fourth-order valence-corrected chi connectivity index (χ4v) is 4.12. The summed E-state index contributed by atoms with van der Waals surface area (Å²) in [6, 6.07) is 14.5. The number of aromatic amines is 1. The first-order valence-electron chi connectivity index (χ1n) is 9.47. The number of hydrogen-bond acceptors (Lipinski definition) is 1. The van der Waals surface area contributed by atoms with Gasteiger partial charge in [0, 0.05) is 41.2 Å². The lowest BCUT2D eigenvalue weighted by Crippen LogP contribution is -2.38. The summed E-state index contributed by atoms with van der Waals surface area (Å²) in [5, 5.41) is 1.33. The van der Waals surface area contributed by atoms with Crippen molar-refractivity contribution < 1.29 is 4.79 Å². The third kappa shape index (κ3) is 3.03. The summed E-state index contributed by atoms with van der Waals surface area (Å²) in [5.74, 6) is 0.664. The van der Waals surface area contributed by atoms with E-state index >= 15 is 0 Å². The Morgan fingerprint density at radius 1 is 0.962 bits per heavy atom. The molecule has 4 rings (SSSR count). The summed E-state index contributed by atoms with van der Waals surface area (Å²) < 4.78 is 0. The van der Waals surface area contributed by atoms with Gasteiger partial charge in [-0.15, -0.1) is 0 Å². The molecule has 2 heterocycles. The monoisotopic (exact) mass is 346 g/mol. The average Bonchev–Trinajstić information content (AvgIpc) is 2.98. The van der Waals surface area contributed by atoms with Gasteiger partial charge in [-0.2, -0.15) is 0 Å². The molecule has 0 aliphatic carbocycles. The first-order chi connectivity index (χ1) is 12.5. The number of nitrogens with zero attached hydrogens (tertiary/aromatic N) is 1. The van der Waals surface area contributed by atoms with Crippen molar-refractivity contribution in [1.29, 1.82) is 0 Å². The van der Waals surface area contributed by atoms with Crippen LogP contribution < -0.4 is 0 Å². The maximum atomic E-state index is 12.7. The molecule has 3 heteroatoms. The van der Waals surface area contributed by atoms with Crippen LogP contribution in [0.2, 0.25) is 0 Å². The molecule has 1 aliphatic rings. The number of nitrogens with one attached hydrogen (secondary N) is 1. The molecular weight excluding hydrogens is 320 g/mol. The zero-order valence-corrected chi connectivity index (χ0v) is 15.8. The lowest BCUT2D eigenvalue weighted by atomic mass is 9.91. The Morgan fingerprint density at radius 3 is 2.31 bits per heavy atom. The van der Waals surface area contributed by atoms with Gasteiger partial charge in [0.1, 0.15) is 0 Å². The number of likely N-dealkylation sites (tertiary alicyclic amines) is 1. The Hall–Kier alpha value is -2.55. The molecule has 1 saturated heterocycles. The number of rotatable bonds is 2. The van der Waals surface area contributed by atoms with Gasteiger partial charge in [-0.25, -0.2) is 0 Å². The molecule has 0 radical (unpaired) electrons. The van der Waals surface area contributed by atoms with Gasteiger partial charge < -0.3 is 9.88 Å². The van der Waals surface area contributed by atoms with Crippen LogP contribution in [0.4, 0.5) is 0 Å². The molecule has 1 N–H and O–H groups in total. The van der Waals surface area contributed by atoms with Crippen LogP contribution in [-0.4, -0.2) is 28.9 Å². The molecule has 3 nitrogen and oxygen atoms in total. The largest absolute Gasteiger partial charge is 0.358 e. The van der Waals surface area contributed by atoms with Crippen LogP contribution in [0.3, 0.4) is 0 Å². The molecule has 0 saturated carbocycles. The molecule has 1 amide bonds. The van der Waals surface area contributed by atoms with Crippen molar-refractivity contribution in [2.45, 2.75) is 39.5 Å². The molecule has 1 aliphatic heterocycles. The summed E-state index contributed by atoms with van der Waals surface area (Å²) in [4.78, 5) is 18.4. The number of amides is 1. The first-order valence-corrected chi connectivity index (χ1v) is 9.47. The lowest BCUT2D eigenvalue weighted by molar-refractivity contribution is 0.0712. The van der Waals surface area contributed by atoms with E-state index in [1.165, 1.54) is 33.3 Å². The van der Waals surface area contributed by atoms with Crippen LogP contribution in [-0.2, 0) is 0 Å². The van der Waals surface area contributed by atoms with E-state index in [1.54, 1.807) is 0 Å². The fraction of sp³-hybridized carbons (Fsp3) is 0.348. The Balaban J connectivity index is 1.49. The highest BCUT2D eigenvalue weighted by Gasteiger charge is 2.26. The quantitative estimate of drug-likeness (QED) is 0.687. The van der Waals surface area contributed by atoms with Gasteiger partial charge in [0.15, 0.2) is 0 Å². The van der Waals surface area contributed by atoms with Crippen molar-refractivity contribution in [3.8, 4) is 0 Å². The van der Waals surface area contributed by atoms with Crippen LogP contribution >= 0.6 is 0 Å². The van der Waals surface area contributed by atoms with E-state index in [1.807, 2.05) is 36.1 Å². The minimum absolute atomic E-state index is 0.160. The fourth-order valence-electron chi connectivity index (χ4n) is 4.12. The predicted molar refractivity (Wildman–Crippen MR) is 107 cm³/mol. The lowest BCUT2D eigenvalue weighted by Gasteiger charge is -2.32. The molecule has 0 bridgehead atoms. The smallest absolute Gasteiger partial charge is 0.253 e. The number of fused-ring (bicyclic) bond motifs is 1. The van der Waals surface area contributed by atoms with Gasteiger partial charge in [-0.05, 0) is 63.4 Å². The zero-order valence-electron chi connectivity index (χ0n) is 15.8. The maximum Gasteiger partial charge on any atom is 0.253 e. The summed E-state index contributed by atoms with van der Waals surface area (Å²) in [5.41, 5.74) is 7.22. The molecule has 3 aromatic rings. The molecule has 0 atom stereocenters. The Kier molecular flexibility index (Phi) is 4.31. The maximum absolute atomic E-state index is 12.7. The second-order valence-corrected chi connectivity index (χ2v) is 7.65. The molecule has 1 fully saturated rings. The molecule has 2 aromatic carbocycles. The number of hydrogen-bond donors (Lipinski definition) is 1. The molecule has 0 unspecified atom stereocenters. The number of carbonyl (C=O) groups excluding carboxylic acids is 1. The molecule has 1 aromatic heterocycles. The Bertz CT molecular complexity index is 944. The van der Waals surface area contributed by atoms with E-state index in [0.717, 1.165) is 31.5 Å². The van der Waals surface area contributed by atoms with Gasteiger partial charge in [-0.1, -0.05) is 29.3 Å². The van der Waals surface area contributed by atoms with E-state index in [4.69, 9.17) is 0 Å². The summed E-state index contributed by atoms with van der Waals surface area (Å²) in [7, 11) is 0. The van der Waals surface area contributed by atoms with Gasteiger partial charge in [0.25, 0.3) is 5.91 Å². The third-order valence-electron chi connectivity index (χ3n) is 5.74. The van der Waals surface area contributed by atoms with Crippen LogP contribution in [0.1, 0.15) is 51.5 Å². The second kappa shape index (κ2) is 6.64. The summed E-state index contributed by atoms with van der Waals surface area (Å²) >= 11 is 0. The van der Waals surface area contributed by atoms with Crippen LogP contribution in [0, 0.1) is 20.8 Å².